The summed E-state index contributed by atoms with van der Waals surface area (Å²) in [5.74, 6) is 0.808. The highest BCUT2D eigenvalue weighted by molar-refractivity contribution is 6.30. The van der Waals surface area contributed by atoms with Gasteiger partial charge in [0.25, 0.3) is 0 Å². The highest BCUT2D eigenvalue weighted by Gasteiger charge is 2.40. The van der Waals surface area contributed by atoms with E-state index in [1.165, 1.54) is 0 Å². The lowest BCUT2D eigenvalue weighted by molar-refractivity contribution is 0.0401. The van der Waals surface area contributed by atoms with E-state index in [1.54, 1.807) is 19.2 Å². The normalized spacial score (nSPS) is 23.0. The smallest absolute Gasteiger partial charge is 0.137 e. The second-order valence-corrected chi connectivity index (χ2v) is 6.13. The van der Waals surface area contributed by atoms with Gasteiger partial charge >= 0.3 is 0 Å². The van der Waals surface area contributed by atoms with E-state index in [9.17, 15) is 5.11 Å². The second-order valence-electron chi connectivity index (χ2n) is 5.69. The van der Waals surface area contributed by atoms with Crippen molar-refractivity contribution in [1.82, 2.24) is 0 Å². The molecule has 23 heavy (non-hydrogen) atoms. The van der Waals surface area contributed by atoms with Gasteiger partial charge in [0, 0.05) is 5.02 Å². The number of hydrogen-bond acceptors (Lipinski definition) is 3. The molecule has 2 aromatic rings. The van der Waals surface area contributed by atoms with Gasteiger partial charge in [-0.2, -0.15) is 0 Å². The molecular weight excluding hydrogens is 312 g/mol. The monoisotopic (exact) mass is 330 g/mol. The van der Waals surface area contributed by atoms with Gasteiger partial charge in [-0.3, -0.25) is 0 Å². The lowest BCUT2D eigenvalue weighted by Gasteiger charge is -2.25. The molecule has 3 rings (SSSR count). The Hall–Kier alpha value is -1.81. The number of halogens is 1. The van der Waals surface area contributed by atoms with Gasteiger partial charge < -0.3 is 14.6 Å². The fourth-order valence-corrected chi connectivity index (χ4v) is 3.05. The molecule has 0 aliphatic carbocycles. The Morgan fingerprint density at radius 2 is 1.78 bits per heavy atom. The molecule has 1 saturated heterocycles. The topological polar surface area (TPSA) is 38.7 Å². The number of ether oxygens (including phenoxy) is 2. The van der Waals surface area contributed by atoms with E-state index in [1.807, 2.05) is 43.3 Å². The minimum absolute atomic E-state index is 0.247. The fourth-order valence-electron chi connectivity index (χ4n) is 2.92. The predicted molar refractivity (Wildman–Crippen MR) is 91.8 cm³/mol. The molecule has 1 atom stereocenters. The number of aliphatic hydroxyl groups is 1. The standard InChI is InChI=1S/C19H19ClO3/c1-13(14-3-9-17(22-2)10-4-14)18-11-23-12-19(18,21)15-5-7-16(20)8-6-15/h3-10,21H,11-12H2,1-2H3/b18-13+/t19-/m1/s1. The van der Waals surface area contributed by atoms with Crippen molar-refractivity contribution in [2.45, 2.75) is 12.5 Å². The molecule has 4 heteroatoms. The molecule has 3 nitrogen and oxygen atoms in total. The first kappa shape index (κ1) is 16.1. The van der Waals surface area contributed by atoms with Gasteiger partial charge in [-0.25, -0.2) is 0 Å². The Morgan fingerprint density at radius 3 is 2.39 bits per heavy atom. The summed E-state index contributed by atoms with van der Waals surface area (Å²) in [6.07, 6.45) is 0. The average molecular weight is 331 g/mol. The van der Waals surface area contributed by atoms with Crippen molar-refractivity contribution in [2.24, 2.45) is 0 Å². The first-order valence-electron chi connectivity index (χ1n) is 7.45. The van der Waals surface area contributed by atoms with Gasteiger partial charge in [-0.1, -0.05) is 35.9 Å². The van der Waals surface area contributed by atoms with Gasteiger partial charge in [0.2, 0.25) is 0 Å². The SMILES string of the molecule is COc1ccc(/C(C)=C2\COC[C@@]2(O)c2ccc(Cl)cc2)cc1. The van der Waals surface area contributed by atoms with Crippen LogP contribution in [0.5, 0.6) is 5.75 Å². The lowest BCUT2D eigenvalue weighted by Crippen LogP contribution is -2.28. The highest BCUT2D eigenvalue weighted by Crippen LogP contribution is 2.39. The molecule has 1 aliphatic heterocycles. The number of methoxy groups -OCH3 is 1. The average Bonchev–Trinajstić information content (AvgIpc) is 2.97. The van der Waals surface area contributed by atoms with Crippen molar-refractivity contribution in [3.8, 4) is 5.75 Å². The van der Waals surface area contributed by atoms with Gasteiger partial charge in [0.05, 0.1) is 20.3 Å². The molecule has 1 N–H and O–H groups in total. The van der Waals surface area contributed by atoms with E-state index in [4.69, 9.17) is 21.1 Å². The Morgan fingerprint density at radius 1 is 1.13 bits per heavy atom. The van der Waals surface area contributed by atoms with Crippen molar-refractivity contribution in [1.29, 1.82) is 0 Å². The lowest BCUT2D eigenvalue weighted by atomic mass is 9.84. The summed E-state index contributed by atoms with van der Waals surface area (Å²) in [7, 11) is 1.64. The van der Waals surface area contributed by atoms with Crippen molar-refractivity contribution >= 4 is 17.2 Å². The zero-order valence-electron chi connectivity index (χ0n) is 13.2. The third-order valence-corrected chi connectivity index (χ3v) is 4.61. The van der Waals surface area contributed by atoms with Crippen LogP contribution in [0.2, 0.25) is 5.02 Å². The van der Waals surface area contributed by atoms with Crippen molar-refractivity contribution in [3.63, 3.8) is 0 Å². The van der Waals surface area contributed by atoms with Crippen LogP contribution in [0.4, 0.5) is 0 Å². The van der Waals surface area contributed by atoms with Crippen LogP contribution < -0.4 is 4.74 Å². The summed E-state index contributed by atoms with van der Waals surface area (Å²) >= 11 is 5.95. The van der Waals surface area contributed by atoms with Crippen LogP contribution >= 0.6 is 11.6 Å². The zero-order valence-corrected chi connectivity index (χ0v) is 13.9. The second kappa shape index (κ2) is 6.36. The summed E-state index contributed by atoms with van der Waals surface area (Å²) < 4.78 is 10.8. The van der Waals surface area contributed by atoms with Crippen LogP contribution in [0.15, 0.2) is 54.1 Å². The van der Waals surface area contributed by atoms with Crippen LogP contribution in [0, 0.1) is 0 Å². The largest absolute Gasteiger partial charge is 0.497 e. The van der Waals surface area contributed by atoms with E-state index in [0.29, 0.717) is 11.6 Å². The third kappa shape index (κ3) is 3.00. The molecule has 1 aliphatic rings. The number of rotatable bonds is 3. The third-order valence-electron chi connectivity index (χ3n) is 4.35. The maximum Gasteiger partial charge on any atom is 0.137 e. The van der Waals surface area contributed by atoms with E-state index < -0.39 is 5.60 Å². The molecule has 2 aromatic carbocycles. The first-order chi connectivity index (χ1) is 11.0. The van der Waals surface area contributed by atoms with E-state index in [0.717, 1.165) is 28.0 Å². The molecule has 1 heterocycles. The summed E-state index contributed by atoms with van der Waals surface area (Å²) in [4.78, 5) is 0. The molecule has 1 fully saturated rings. The number of allylic oxidation sites excluding steroid dienone is 1. The summed E-state index contributed by atoms with van der Waals surface area (Å²) in [6.45, 7) is 2.67. The van der Waals surface area contributed by atoms with Gasteiger partial charge in [-0.15, -0.1) is 0 Å². The molecule has 120 valence electrons. The van der Waals surface area contributed by atoms with E-state index >= 15 is 0 Å². The van der Waals surface area contributed by atoms with Crippen molar-refractivity contribution < 1.29 is 14.6 Å². The van der Waals surface area contributed by atoms with E-state index in [2.05, 4.69) is 0 Å². The van der Waals surface area contributed by atoms with Crippen LogP contribution in [-0.4, -0.2) is 25.4 Å². The van der Waals surface area contributed by atoms with E-state index in [-0.39, 0.29) is 6.61 Å². The molecular formula is C19H19ClO3. The zero-order chi connectivity index (χ0) is 16.4. The number of benzene rings is 2. The van der Waals surface area contributed by atoms with Crippen LogP contribution in [0.3, 0.4) is 0 Å². The molecule has 0 radical (unpaired) electrons. The molecule has 0 amide bonds. The Kier molecular flexibility index (Phi) is 4.44. The summed E-state index contributed by atoms with van der Waals surface area (Å²) in [6, 6.07) is 15.1. The molecule has 0 saturated carbocycles. The molecule has 0 bridgehead atoms. The minimum Gasteiger partial charge on any atom is -0.497 e. The maximum atomic E-state index is 11.2. The highest BCUT2D eigenvalue weighted by atomic mass is 35.5. The first-order valence-corrected chi connectivity index (χ1v) is 7.83. The van der Waals surface area contributed by atoms with Crippen molar-refractivity contribution in [3.05, 3.63) is 70.3 Å². The Labute approximate surface area is 141 Å². The molecule has 0 unspecified atom stereocenters. The molecule has 0 spiro atoms. The molecule has 0 aromatic heterocycles. The van der Waals surface area contributed by atoms with Gasteiger partial charge in [-0.05, 0) is 53.5 Å². The Bertz CT molecular complexity index is 719. The quantitative estimate of drug-likeness (QED) is 0.923. The minimum atomic E-state index is -1.12. The fraction of sp³-hybridized carbons (Fsp3) is 0.263. The predicted octanol–water partition coefficient (Wildman–Crippen LogP) is 4.04. The van der Waals surface area contributed by atoms with Crippen LogP contribution in [0.25, 0.3) is 5.57 Å². The summed E-state index contributed by atoms with van der Waals surface area (Å²) in [5.41, 5.74) is 2.61. The van der Waals surface area contributed by atoms with Gasteiger partial charge in [0.15, 0.2) is 0 Å². The summed E-state index contributed by atoms with van der Waals surface area (Å²) in [5, 5.41) is 11.8. The van der Waals surface area contributed by atoms with Crippen molar-refractivity contribution in [2.75, 3.05) is 20.3 Å². The Balaban J connectivity index is 2.03. The number of hydrogen-bond donors (Lipinski definition) is 1. The van der Waals surface area contributed by atoms with Crippen LogP contribution in [-0.2, 0) is 10.3 Å². The van der Waals surface area contributed by atoms with Gasteiger partial charge in [0.1, 0.15) is 11.4 Å². The van der Waals surface area contributed by atoms with Crippen LogP contribution in [0.1, 0.15) is 18.1 Å². The maximum absolute atomic E-state index is 11.2.